The predicted molar refractivity (Wildman–Crippen MR) is 95.3 cm³/mol. The van der Waals surface area contributed by atoms with Crippen molar-refractivity contribution in [2.75, 3.05) is 12.8 Å². The Kier molecular flexibility index (Phi) is 4.54. The molecule has 2 heterocycles. The van der Waals surface area contributed by atoms with Crippen LogP contribution in [0, 0.1) is 0 Å². The number of hydrogen-bond donors (Lipinski definition) is 1. The third-order valence-corrected chi connectivity index (χ3v) is 4.78. The maximum Gasteiger partial charge on any atom is 0.145 e. The molecule has 0 atom stereocenters. The van der Waals surface area contributed by atoms with Gasteiger partial charge in [-0.2, -0.15) is 0 Å². The van der Waals surface area contributed by atoms with Crippen LogP contribution in [-0.2, 0) is 13.1 Å². The van der Waals surface area contributed by atoms with Gasteiger partial charge in [-0.15, -0.1) is 11.3 Å². The summed E-state index contributed by atoms with van der Waals surface area (Å²) in [5.74, 6) is 1.75. The number of thiazole rings is 1. The van der Waals surface area contributed by atoms with Gasteiger partial charge in [0.1, 0.15) is 11.6 Å². The second-order valence-corrected chi connectivity index (χ2v) is 6.94. The summed E-state index contributed by atoms with van der Waals surface area (Å²) in [5, 5.41) is 4.21. The summed E-state index contributed by atoms with van der Waals surface area (Å²) in [6, 6.07) is 7.82. The zero-order valence-electron chi connectivity index (χ0n) is 13.7. The van der Waals surface area contributed by atoms with Crippen molar-refractivity contribution in [2.45, 2.75) is 32.9 Å². The van der Waals surface area contributed by atoms with Crippen molar-refractivity contribution in [3.05, 3.63) is 46.2 Å². The van der Waals surface area contributed by atoms with Gasteiger partial charge in [-0.25, -0.2) is 15.0 Å². The van der Waals surface area contributed by atoms with Gasteiger partial charge in [-0.05, 0) is 19.2 Å². The van der Waals surface area contributed by atoms with Crippen molar-refractivity contribution in [1.82, 2.24) is 19.9 Å². The lowest BCUT2D eigenvalue weighted by molar-refractivity contribution is 0.308. The molecule has 0 unspecified atom stereocenters. The summed E-state index contributed by atoms with van der Waals surface area (Å²) in [6.45, 7) is 5.75. The zero-order valence-corrected chi connectivity index (χ0v) is 14.5. The molecule has 3 rings (SSSR count). The van der Waals surface area contributed by atoms with E-state index in [1.807, 2.05) is 31.3 Å². The van der Waals surface area contributed by atoms with E-state index >= 15 is 0 Å². The third kappa shape index (κ3) is 3.65. The Hall–Kier alpha value is -2.05. The van der Waals surface area contributed by atoms with E-state index in [0.29, 0.717) is 18.3 Å². The lowest BCUT2D eigenvalue weighted by Crippen LogP contribution is -2.19. The highest BCUT2D eigenvalue weighted by atomic mass is 32.1. The Balaban J connectivity index is 1.73. The fourth-order valence-corrected chi connectivity index (χ4v) is 3.28. The van der Waals surface area contributed by atoms with Gasteiger partial charge < -0.3 is 5.73 Å². The first-order valence-electron chi connectivity index (χ1n) is 7.67. The Bertz CT molecular complexity index is 812. The van der Waals surface area contributed by atoms with Crippen LogP contribution >= 0.6 is 11.3 Å². The number of nitrogens with two attached hydrogens (primary N) is 1. The molecule has 0 fully saturated rings. The first kappa shape index (κ1) is 15.8. The predicted octanol–water partition coefficient (Wildman–Crippen LogP) is 3.42. The van der Waals surface area contributed by atoms with Crippen molar-refractivity contribution in [3.63, 3.8) is 0 Å². The number of nitrogens with zero attached hydrogens (tertiary/aromatic N) is 4. The zero-order chi connectivity index (χ0) is 16.4. The highest BCUT2D eigenvalue weighted by molar-refractivity contribution is 7.09. The number of anilines is 1. The fourth-order valence-electron chi connectivity index (χ4n) is 2.46. The highest BCUT2D eigenvalue weighted by Crippen LogP contribution is 2.21. The molecule has 2 aromatic heterocycles. The molecule has 6 heteroatoms. The topological polar surface area (TPSA) is 67.9 Å². The number of nitrogen functional groups attached to an aromatic ring is 1. The minimum absolute atomic E-state index is 0.475. The van der Waals surface area contributed by atoms with Gasteiger partial charge in [-0.3, -0.25) is 4.90 Å². The maximum atomic E-state index is 6.04. The lowest BCUT2D eigenvalue weighted by Gasteiger charge is -2.15. The quantitative estimate of drug-likeness (QED) is 0.777. The third-order valence-electron chi connectivity index (χ3n) is 3.59. The second kappa shape index (κ2) is 6.60. The first-order valence-corrected chi connectivity index (χ1v) is 8.55. The molecule has 3 aromatic rings. The van der Waals surface area contributed by atoms with Gasteiger partial charge >= 0.3 is 0 Å². The molecule has 1 aromatic carbocycles. The molecule has 5 nitrogen and oxygen atoms in total. The number of para-hydroxylation sites is 1. The first-order chi connectivity index (χ1) is 11.0. The lowest BCUT2D eigenvalue weighted by atomic mass is 10.2. The van der Waals surface area contributed by atoms with E-state index in [-0.39, 0.29) is 0 Å². The minimum Gasteiger partial charge on any atom is -0.383 e. The summed E-state index contributed by atoms with van der Waals surface area (Å²) >= 11 is 1.72. The molecule has 0 aliphatic heterocycles. The van der Waals surface area contributed by atoms with E-state index in [2.05, 4.69) is 39.1 Å². The van der Waals surface area contributed by atoms with Crippen molar-refractivity contribution in [1.29, 1.82) is 0 Å². The van der Waals surface area contributed by atoms with Crippen molar-refractivity contribution in [2.24, 2.45) is 0 Å². The summed E-state index contributed by atoms with van der Waals surface area (Å²) in [5.41, 5.74) is 8.02. The molecule has 0 saturated heterocycles. The van der Waals surface area contributed by atoms with Crippen LogP contribution in [0.3, 0.4) is 0 Å². The number of rotatable bonds is 5. The molecule has 120 valence electrons. The molecule has 23 heavy (non-hydrogen) atoms. The molecule has 0 spiro atoms. The van der Waals surface area contributed by atoms with E-state index in [0.717, 1.165) is 29.0 Å². The average Bonchev–Trinajstić information content (AvgIpc) is 2.96. The molecule has 0 amide bonds. The Labute approximate surface area is 140 Å². The van der Waals surface area contributed by atoms with E-state index in [9.17, 15) is 0 Å². The summed E-state index contributed by atoms with van der Waals surface area (Å²) in [7, 11) is 2.04. The summed E-state index contributed by atoms with van der Waals surface area (Å²) in [6.07, 6.45) is 0. The number of hydrogen-bond acceptors (Lipinski definition) is 6. The van der Waals surface area contributed by atoms with Crippen LogP contribution < -0.4 is 5.73 Å². The van der Waals surface area contributed by atoms with Crippen molar-refractivity contribution >= 4 is 28.1 Å². The van der Waals surface area contributed by atoms with Gasteiger partial charge in [0, 0.05) is 23.2 Å². The minimum atomic E-state index is 0.475. The van der Waals surface area contributed by atoms with Gasteiger partial charge in [0.2, 0.25) is 0 Å². The normalized spacial score (nSPS) is 11.7. The largest absolute Gasteiger partial charge is 0.383 e. The van der Waals surface area contributed by atoms with Crippen molar-refractivity contribution < 1.29 is 0 Å². The SMILES string of the molecule is CC(C)c1nc(CN(C)Cc2nc(N)c3ccccc3n2)cs1. The monoisotopic (exact) mass is 327 g/mol. The smallest absolute Gasteiger partial charge is 0.145 e. The fraction of sp³-hybridized carbons (Fsp3) is 0.353. The molecule has 2 N–H and O–H groups in total. The van der Waals surface area contributed by atoms with Crippen LogP contribution in [-0.4, -0.2) is 26.9 Å². The van der Waals surface area contributed by atoms with Crippen molar-refractivity contribution in [3.8, 4) is 0 Å². The van der Waals surface area contributed by atoms with E-state index < -0.39 is 0 Å². The molecule has 0 bridgehead atoms. The Morgan fingerprint density at radius 1 is 1.13 bits per heavy atom. The maximum absolute atomic E-state index is 6.04. The van der Waals surface area contributed by atoms with Crippen LogP contribution in [0.4, 0.5) is 5.82 Å². The molecule has 0 aliphatic carbocycles. The molecule has 0 aliphatic rings. The Morgan fingerprint density at radius 2 is 1.91 bits per heavy atom. The van der Waals surface area contributed by atoms with E-state index in [1.165, 1.54) is 5.01 Å². The van der Waals surface area contributed by atoms with Gasteiger partial charge in [0.05, 0.1) is 22.8 Å². The van der Waals surface area contributed by atoms with Crippen LogP contribution in [0.2, 0.25) is 0 Å². The van der Waals surface area contributed by atoms with Crippen LogP contribution in [0.15, 0.2) is 29.6 Å². The van der Waals surface area contributed by atoms with E-state index in [4.69, 9.17) is 5.73 Å². The van der Waals surface area contributed by atoms with Gasteiger partial charge in [-0.1, -0.05) is 26.0 Å². The van der Waals surface area contributed by atoms with Crippen LogP contribution in [0.25, 0.3) is 10.9 Å². The van der Waals surface area contributed by atoms with Crippen LogP contribution in [0.5, 0.6) is 0 Å². The molecule has 0 saturated carbocycles. The van der Waals surface area contributed by atoms with Crippen LogP contribution in [0.1, 0.15) is 36.3 Å². The summed E-state index contributed by atoms with van der Waals surface area (Å²) in [4.78, 5) is 15.8. The number of benzene rings is 1. The summed E-state index contributed by atoms with van der Waals surface area (Å²) < 4.78 is 0. The average molecular weight is 327 g/mol. The number of fused-ring (bicyclic) bond motifs is 1. The highest BCUT2D eigenvalue weighted by Gasteiger charge is 2.11. The van der Waals surface area contributed by atoms with E-state index in [1.54, 1.807) is 11.3 Å². The standard InChI is InChI=1S/C17H21N5S/c1-11(2)17-19-12(10-23-17)8-22(3)9-15-20-14-7-5-4-6-13(14)16(18)21-15/h4-7,10-11H,8-9H2,1-3H3,(H2,18,20,21). The van der Waals surface area contributed by atoms with Gasteiger partial charge in [0.15, 0.2) is 0 Å². The molecular formula is C17H21N5S. The molecule has 0 radical (unpaired) electrons. The van der Waals surface area contributed by atoms with Gasteiger partial charge in [0.25, 0.3) is 0 Å². The molecular weight excluding hydrogens is 306 g/mol. The second-order valence-electron chi connectivity index (χ2n) is 6.05. The Morgan fingerprint density at radius 3 is 2.65 bits per heavy atom. The number of aromatic nitrogens is 3.